The first-order chi connectivity index (χ1) is 3.39. The van der Waals surface area contributed by atoms with E-state index >= 15 is 0 Å². The molecule has 0 bridgehead atoms. The van der Waals surface area contributed by atoms with Gasteiger partial charge in [0.25, 0.3) is 0 Å². The van der Waals surface area contributed by atoms with Crippen LogP contribution < -0.4 is 0 Å². The van der Waals surface area contributed by atoms with Gasteiger partial charge in [-0.05, 0) is 12.8 Å². The lowest BCUT2D eigenvalue weighted by Gasteiger charge is -2.14. The molecule has 42 valence electrons. The molecule has 0 aliphatic carbocycles. The Morgan fingerprint density at radius 2 is 2.43 bits per heavy atom. The first kappa shape index (κ1) is 6.25. The van der Waals surface area contributed by atoms with Crippen LogP contribution in [0.3, 0.4) is 0 Å². The minimum absolute atomic E-state index is 0.832. The van der Waals surface area contributed by atoms with Gasteiger partial charge in [-0.2, -0.15) is 0 Å². The molecule has 7 heavy (non-hydrogen) atoms. The van der Waals surface area contributed by atoms with Crippen LogP contribution in [-0.4, -0.2) is 10.7 Å². The molecule has 1 saturated heterocycles. The number of rotatable bonds is 0. The van der Waals surface area contributed by atoms with Crippen molar-refractivity contribution in [3.63, 3.8) is 0 Å². The first-order valence-electron chi connectivity index (χ1n) is 2.43. The van der Waals surface area contributed by atoms with E-state index in [2.05, 4.69) is 9.24 Å². The van der Waals surface area contributed by atoms with Crippen molar-refractivity contribution in [3.05, 3.63) is 0 Å². The van der Waals surface area contributed by atoms with Crippen LogP contribution in [0.25, 0.3) is 0 Å². The Hall–Kier alpha value is 1.13. The monoisotopic (exact) mass is 152 g/mol. The number of hydrogen-bond acceptors (Lipinski definition) is 2. The van der Waals surface area contributed by atoms with E-state index in [1.54, 1.807) is 0 Å². The van der Waals surface area contributed by atoms with Crippen LogP contribution in [0.15, 0.2) is 0 Å². The lowest BCUT2D eigenvalue weighted by atomic mass is 10.4. The van der Waals surface area contributed by atoms with Gasteiger partial charge in [-0.1, -0.05) is 21.6 Å². The van der Waals surface area contributed by atoms with Crippen LogP contribution in [0.2, 0.25) is 0 Å². The molecule has 2 atom stereocenters. The molecular weight excluding hydrogens is 143 g/mol. The van der Waals surface area contributed by atoms with E-state index in [4.69, 9.17) is 0 Å². The molecule has 1 rings (SSSR count). The Bertz CT molecular complexity index is 51.7. The van der Waals surface area contributed by atoms with Crippen molar-refractivity contribution in [1.29, 1.82) is 0 Å². The zero-order chi connectivity index (χ0) is 5.11. The predicted molar refractivity (Wildman–Crippen MR) is 42.8 cm³/mol. The summed E-state index contributed by atoms with van der Waals surface area (Å²) < 4.78 is 0. The molecule has 2 unspecified atom stereocenters. The van der Waals surface area contributed by atoms with Gasteiger partial charge in [0, 0.05) is 10.7 Å². The van der Waals surface area contributed by atoms with Crippen LogP contribution >= 0.6 is 30.8 Å². The molecule has 1 aliphatic rings. The molecule has 0 aromatic heterocycles. The van der Waals surface area contributed by atoms with Crippen molar-refractivity contribution in [2.24, 2.45) is 0 Å². The maximum absolute atomic E-state index is 2.85. The molecule has 1 heterocycles. The summed E-state index contributed by atoms with van der Waals surface area (Å²) in [4.78, 5) is 0.832. The molecule has 1 aliphatic heterocycles. The van der Waals surface area contributed by atoms with Gasteiger partial charge in [0.15, 0.2) is 0 Å². The minimum Gasteiger partial charge on any atom is -0.123 e. The molecule has 0 radical (unpaired) electrons. The lowest BCUT2D eigenvalue weighted by Crippen LogP contribution is -1.95. The Kier molecular flexibility index (Phi) is 2.87. The summed E-state index contributed by atoms with van der Waals surface area (Å²) in [7, 11) is 6.84. The highest BCUT2D eigenvalue weighted by Gasteiger charge is 2.07. The summed E-state index contributed by atoms with van der Waals surface area (Å²) in [5.41, 5.74) is 0. The average Bonchev–Trinajstić information content (AvgIpc) is 1.69. The molecule has 0 spiro atoms. The predicted octanol–water partition coefficient (Wildman–Crippen LogP) is 2.36. The Morgan fingerprint density at radius 1 is 1.57 bits per heavy atom. The molecule has 3 heteroatoms. The highest BCUT2D eigenvalue weighted by atomic mass is 33.1. The Balaban J connectivity index is 2.12. The van der Waals surface area contributed by atoms with Crippen LogP contribution in [0.4, 0.5) is 0 Å². The van der Waals surface area contributed by atoms with Gasteiger partial charge in [0.05, 0.1) is 0 Å². The van der Waals surface area contributed by atoms with E-state index in [1.807, 2.05) is 21.6 Å². The van der Waals surface area contributed by atoms with Gasteiger partial charge in [-0.3, -0.25) is 0 Å². The average molecular weight is 152 g/mol. The lowest BCUT2D eigenvalue weighted by molar-refractivity contribution is 0.879. The summed E-state index contributed by atoms with van der Waals surface area (Å²) in [5.74, 6) is 1.36. The zero-order valence-corrected chi connectivity index (χ0v) is 6.88. The molecule has 0 aromatic rings. The number of hydrogen-bond donors (Lipinski definition) is 0. The topological polar surface area (TPSA) is 0 Å². The summed E-state index contributed by atoms with van der Waals surface area (Å²) >= 11 is 0. The molecule has 0 nitrogen and oxygen atoms in total. The van der Waals surface area contributed by atoms with Gasteiger partial charge in [-0.15, -0.1) is 9.24 Å². The van der Waals surface area contributed by atoms with Crippen LogP contribution in [0, 0.1) is 0 Å². The third-order valence-electron chi connectivity index (χ3n) is 0.908. The maximum atomic E-state index is 2.85. The van der Waals surface area contributed by atoms with E-state index in [-0.39, 0.29) is 0 Å². The van der Waals surface area contributed by atoms with Crippen molar-refractivity contribution in [1.82, 2.24) is 0 Å². The van der Waals surface area contributed by atoms with Gasteiger partial charge < -0.3 is 0 Å². The summed E-state index contributed by atoms with van der Waals surface area (Å²) in [5, 5.41) is 0. The highest BCUT2D eigenvalue weighted by Crippen LogP contribution is 2.38. The molecule has 0 amide bonds. The van der Waals surface area contributed by atoms with E-state index in [1.165, 1.54) is 18.6 Å². The molecule has 0 aromatic carbocycles. The van der Waals surface area contributed by atoms with Gasteiger partial charge in [0.1, 0.15) is 0 Å². The fourth-order valence-corrected chi connectivity index (χ4v) is 3.74. The van der Waals surface area contributed by atoms with E-state index in [0.717, 1.165) is 4.99 Å². The van der Waals surface area contributed by atoms with E-state index in [0.29, 0.717) is 0 Å². The fraction of sp³-hybridized carbons (Fsp3) is 1.00. The van der Waals surface area contributed by atoms with Crippen molar-refractivity contribution in [3.8, 4) is 0 Å². The maximum Gasteiger partial charge on any atom is 0.0294 e. The SMILES string of the molecule is PC1CCCSS1. The second-order valence-electron chi connectivity index (χ2n) is 1.60. The first-order valence-corrected chi connectivity index (χ1v) is 5.48. The molecule has 1 fully saturated rings. The second kappa shape index (κ2) is 3.21. The standard InChI is InChI=1S/C4H9PS2/c5-4-2-1-3-6-7-4/h4H,1-3,5H2. The van der Waals surface area contributed by atoms with Crippen molar-refractivity contribution >= 4 is 30.8 Å². The largest absolute Gasteiger partial charge is 0.123 e. The summed E-state index contributed by atoms with van der Waals surface area (Å²) in [6.45, 7) is 0. The van der Waals surface area contributed by atoms with Crippen molar-refractivity contribution in [2.45, 2.75) is 17.8 Å². The quantitative estimate of drug-likeness (QED) is 0.386. The van der Waals surface area contributed by atoms with E-state index in [9.17, 15) is 0 Å². The summed E-state index contributed by atoms with van der Waals surface area (Å²) in [6, 6.07) is 0. The second-order valence-corrected chi connectivity index (χ2v) is 5.61. The third-order valence-corrected chi connectivity index (χ3v) is 4.97. The fourth-order valence-electron chi connectivity index (χ4n) is 0.527. The zero-order valence-electron chi connectivity index (χ0n) is 4.09. The van der Waals surface area contributed by atoms with Crippen LogP contribution in [0.1, 0.15) is 12.8 Å². The third kappa shape index (κ3) is 2.25. The molecule has 0 N–H and O–H groups in total. The minimum atomic E-state index is 0.832. The Labute approximate surface area is 54.8 Å². The molecule has 0 saturated carbocycles. The molecular formula is C4H9PS2. The van der Waals surface area contributed by atoms with Crippen molar-refractivity contribution < 1.29 is 0 Å². The van der Waals surface area contributed by atoms with Gasteiger partial charge in [-0.25, -0.2) is 0 Å². The van der Waals surface area contributed by atoms with Crippen LogP contribution in [-0.2, 0) is 0 Å². The highest BCUT2D eigenvalue weighted by molar-refractivity contribution is 8.77. The van der Waals surface area contributed by atoms with Crippen LogP contribution in [0.5, 0.6) is 0 Å². The van der Waals surface area contributed by atoms with Crippen molar-refractivity contribution in [2.75, 3.05) is 5.75 Å². The summed E-state index contributed by atoms with van der Waals surface area (Å²) in [6.07, 6.45) is 2.80. The van der Waals surface area contributed by atoms with Gasteiger partial charge >= 0.3 is 0 Å². The normalized spacial score (nSPS) is 33.0. The smallest absolute Gasteiger partial charge is 0.0294 e. The Morgan fingerprint density at radius 3 is 2.71 bits per heavy atom. The van der Waals surface area contributed by atoms with Gasteiger partial charge in [0.2, 0.25) is 0 Å². The van der Waals surface area contributed by atoms with E-state index < -0.39 is 0 Å².